The van der Waals surface area contributed by atoms with Crippen LogP contribution in [0, 0.1) is 11.3 Å². The highest BCUT2D eigenvalue weighted by Crippen LogP contribution is 2.17. The van der Waals surface area contributed by atoms with Crippen LogP contribution in [0.3, 0.4) is 0 Å². The summed E-state index contributed by atoms with van der Waals surface area (Å²) < 4.78 is 1.82. The molecule has 0 aromatic carbocycles. The van der Waals surface area contributed by atoms with Gasteiger partial charge in [-0.1, -0.05) is 0 Å². The molecule has 0 bridgehead atoms. The first-order valence-corrected chi connectivity index (χ1v) is 6.92. The number of nitriles is 1. The van der Waals surface area contributed by atoms with E-state index in [0.29, 0.717) is 11.5 Å². The van der Waals surface area contributed by atoms with E-state index >= 15 is 0 Å². The lowest BCUT2D eigenvalue weighted by Gasteiger charge is -2.35. The summed E-state index contributed by atoms with van der Waals surface area (Å²) in [6.45, 7) is 4.50. The summed E-state index contributed by atoms with van der Waals surface area (Å²) in [7, 11) is 1.93. The van der Waals surface area contributed by atoms with Crippen LogP contribution in [0.4, 0.5) is 5.82 Å². The van der Waals surface area contributed by atoms with E-state index in [2.05, 4.69) is 30.9 Å². The number of anilines is 1. The van der Waals surface area contributed by atoms with E-state index in [9.17, 15) is 0 Å². The Morgan fingerprint density at radius 2 is 1.95 bits per heavy atom. The van der Waals surface area contributed by atoms with Crippen molar-refractivity contribution in [2.45, 2.75) is 6.54 Å². The summed E-state index contributed by atoms with van der Waals surface area (Å²) in [6, 6.07) is 2.11. The zero-order valence-corrected chi connectivity index (χ0v) is 12.0. The highest BCUT2D eigenvalue weighted by molar-refractivity contribution is 5.49. The Hall–Kier alpha value is -2.46. The molecule has 0 atom stereocenters. The van der Waals surface area contributed by atoms with E-state index < -0.39 is 0 Å². The summed E-state index contributed by atoms with van der Waals surface area (Å²) in [6.07, 6.45) is 7.14. The van der Waals surface area contributed by atoms with Gasteiger partial charge in [-0.05, 0) is 0 Å². The fourth-order valence-corrected chi connectivity index (χ4v) is 2.57. The van der Waals surface area contributed by atoms with Crippen molar-refractivity contribution >= 4 is 5.82 Å². The van der Waals surface area contributed by atoms with E-state index in [1.807, 2.05) is 24.1 Å². The third-order valence-corrected chi connectivity index (χ3v) is 3.62. The number of hydrogen-bond donors (Lipinski definition) is 0. The van der Waals surface area contributed by atoms with Crippen LogP contribution in [-0.2, 0) is 13.6 Å². The maximum Gasteiger partial charge on any atom is 0.183 e. The van der Waals surface area contributed by atoms with E-state index in [4.69, 9.17) is 5.26 Å². The second kappa shape index (κ2) is 5.89. The molecule has 0 radical (unpaired) electrons. The van der Waals surface area contributed by atoms with Crippen LogP contribution in [0.15, 0.2) is 24.8 Å². The number of nitrogens with zero attached hydrogens (tertiary/aromatic N) is 7. The summed E-state index contributed by atoms with van der Waals surface area (Å²) in [5, 5.41) is 13.3. The maximum absolute atomic E-state index is 9.10. The molecule has 0 unspecified atom stereocenters. The summed E-state index contributed by atoms with van der Waals surface area (Å²) >= 11 is 0. The van der Waals surface area contributed by atoms with E-state index in [1.165, 1.54) is 5.56 Å². The molecule has 1 aliphatic heterocycles. The quantitative estimate of drug-likeness (QED) is 0.812. The first-order valence-electron chi connectivity index (χ1n) is 6.92. The smallest absolute Gasteiger partial charge is 0.183 e. The first kappa shape index (κ1) is 13.5. The van der Waals surface area contributed by atoms with Gasteiger partial charge in [-0.25, -0.2) is 9.97 Å². The molecule has 21 heavy (non-hydrogen) atoms. The Morgan fingerprint density at radius 1 is 1.19 bits per heavy atom. The third kappa shape index (κ3) is 3.01. The molecule has 1 aliphatic rings. The Bertz CT molecular complexity index is 649. The van der Waals surface area contributed by atoms with E-state index in [-0.39, 0.29) is 0 Å². The van der Waals surface area contributed by atoms with Gasteiger partial charge in [0.1, 0.15) is 6.07 Å². The van der Waals surface area contributed by atoms with Crippen molar-refractivity contribution < 1.29 is 0 Å². The molecule has 2 aromatic heterocycles. The number of hydrogen-bond acceptors (Lipinski definition) is 6. The molecule has 7 heteroatoms. The molecule has 0 N–H and O–H groups in total. The predicted molar refractivity (Wildman–Crippen MR) is 77.4 cm³/mol. The highest BCUT2D eigenvalue weighted by atomic mass is 15.3. The minimum Gasteiger partial charge on any atom is -0.352 e. The van der Waals surface area contributed by atoms with Crippen LogP contribution < -0.4 is 4.90 Å². The zero-order chi connectivity index (χ0) is 14.7. The molecule has 7 nitrogen and oxygen atoms in total. The SMILES string of the molecule is Cn1cc(CN2CCN(c3nccnc3C#N)CC2)cn1. The monoisotopic (exact) mass is 283 g/mol. The summed E-state index contributed by atoms with van der Waals surface area (Å²) in [4.78, 5) is 12.9. The molecule has 1 saturated heterocycles. The molecule has 3 rings (SSSR count). The van der Waals surface area contributed by atoms with Gasteiger partial charge >= 0.3 is 0 Å². The first-order chi connectivity index (χ1) is 10.3. The van der Waals surface area contributed by atoms with Crippen molar-refractivity contribution in [2.24, 2.45) is 7.05 Å². The van der Waals surface area contributed by atoms with Crippen LogP contribution in [0.25, 0.3) is 0 Å². The van der Waals surface area contributed by atoms with Crippen molar-refractivity contribution in [1.82, 2.24) is 24.6 Å². The normalized spacial score (nSPS) is 15.9. The highest BCUT2D eigenvalue weighted by Gasteiger charge is 2.20. The molecular weight excluding hydrogens is 266 g/mol. The fraction of sp³-hybridized carbons (Fsp3) is 0.429. The average Bonchev–Trinajstić information content (AvgIpc) is 2.93. The van der Waals surface area contributed by atoms with Gasteiger partial charge in [0.2, 0.25) is 0 Å². The van der Waals surface area contributed by atoms with Gasteiger partial charge in [-0.15, -0.1) is 0 Å². The van der Waals surface area contributed by atoms with Crippen molar-refractivity contribution in [2.75, 3.05) is 31.1 Å². The lowest BCUT2D eigenvalue weighted by molar-refractivity contribution is 0.249. The Morgan fingerprint density at radius 3 is 2.62 bits per heavy atom. The molecule has 0 saturated carbocycles. The third-order valence-electron chi connectivity index (χ3n) is 3.62. The number of piperazine rings is 1. The molecule has 0 aliphatic carbocycles. The van der Waals surface area contributed by atoms with Gasteiger partial charge in [-0.3, -0.25) is 9.58 Å². The minimum absolute atomic E-state index is 0.401. The van der Waals surface area contributed by atoms with E-state index in [0.717, 1.165) is 32.7 Å². The molecule has 0 amide bonds. The minimum atomic E-state index is 0.401. The van der Waals surface area contributed by atoms with Gasteiger partial charge in [0.25, 0.3) is 0 Å². The lowest BCUT2D eigenvalue weighted by Crippen LogP contribution is -2.46. The average molecular weight is 283 g/mol. The maximum atomic E-state index is 9.10. The number of aromatic nitrogens is 4. The van der Waals surface area contributed by atoms with Gasteiger partial charge in [0, 0.05) is 63.9 Å². The predicted octanol–water partition coefficient (Wildman–Crippen LogP) is 0.404. The lowest BCUT2D eigenvalue weighted by atomic mass is 10.2. The van der Waals surface area contributed by atoms with Crippen LogP contribution >= 0.6 is 0 Å². The largest absolute Gasteiger partial charge is 0.352 e. The van der Waals surface area contributed by atoms with Crippen LogP contribution in [-0.4, -0.2) is 50.8 Å². The van der Waals surface area contributed by atoms with Gasteiger partial charge in [-0.2, -0.15) is 10.4 Å². The topological polar surface area (TPSA) is 73.9 Å². The number of aryl methyl sites for hydroxylation is 1. The summed E-state index contributed by atoms with van der Waals surface area (Å²) in [5.41, 5.74) is 1.63. The summed E-state index contributed by atoms with van der Waals surface area (Å²) in [5.74, 6) is 0.695. The molecule has 1 fully saturated rings. The molecular formula is C14H17N7. The Balaban J connectivity index is 1.61. The van der Waals surface area contributed by atoms with E-state index in [1.54, 1.807) is 12.4 Å². The molecule has 0 spiro atoms. The fourth-order valence-electron chi connectivity index (χ4n) is 2.57. The van der Waals surface area contributed by atoms with Crippen LogP contribution in [0.2, 0.25) is 0 Å². The van der Waals surface area contributed by atoms with Crippen LogP contribution in [0.5, 0.6) is 0 Å². The second-order valence-electron chi connectivity index (χ2n) is 5.13. The van der Waals surface area contributed by atoms with Gasteiger partial charge in [0.15, 0.2) is 11.5 Å². The zero-order valence-electron chi connectivity index (χ0n) is 12.0. The van der Waals surface area contributed by atoms with Gasteiger partial charge in [0.05, 0.1) is 6.20 Å². The Kier molecular flexibility index (Phi) is 3.79. The Labute approximate surface area is 123 Å². The van der Waals surface area contributed by atoms with Crippen molar-refractivity contribution in [3.05, 3.63) is 36.0 Å². The number of rotatable bonds is 3. The standard InChI is InChI=1S/C14H17N7/c1-19-10-12(9-18-19)11-20-4-6-21(7-5-20)14-13(8-15)16-2-3-17-14/h2-3,9-10H,4-7,11H2,1H3. The molecule has 3 heterocycles. The van der Waals surface area contributed by atoms with Crippen molar-refractivity contribution in [3.8, 4) is 6.07 Å². The van der Waals surface area contributed by atoms with Crippen molar-refractivity contribution in [3.63, 3.8) is 0 Å². The van der Waals surface area contributed by atoms with Gasteiger partial charge < -0.3 is 4.90 Å². The van der Waals surface area contributed by atoms with Crippen LogP contribution in [0.1, 0.15) is 11.3 Å². The molecule has 2 aromatic rings. The van der Waals surface area contributed by atoms with Crippen molar-refractivity contribution in [1.29, 1.82) is 5.26 Å². The molecule has 108 valence electrons. The second-order valence-corrected chi connectivity index (χ2v) is 5.13.